The monoisotopic (exact) mass is 236 g/mol. The maximum atomic E-state index is 11.2. The molecule has 0 saturated carbocycles. The molecule has 7 nitrogen and oxygen atoms in total. The Hall–Kier alpha value is -2.31. The van der Waals surface area contributed by atoms with Gasteiger partial charge in [0.15, 0.2) is 0 Å². The number of hydrogen-bond acceptors (Lipinski definition) is 5. The molecule has 0 spiro atoms. The average Bonchev–Trinajstić information content (AvgIpc) is 2.67. The maximum Gasteiger partial charge on any atom is 0.264 e. The molecule has 2 aromatic rings. The zero-order valence-electron chi connectivity index (χ0n) is 9.72. The van der Waals surface area contributed by atoms with E-state index in [-0.39, 0.29) is 5.56 Å². The largest absolute Gasteiger partial charge is 0.481 e. The number of methoxy groups -OCH3 is 2. The highest BCUT2D eigenvalue weighted by Gasteiger charge is 2.09. The van der Waals surface area contributed by atoms with Crippen LogP contribution in [0.25, 0.3) is 5.95 Å². The molecule has 0 fully saturated rings. The Morgan fingerprint density at radius 2 is 1.76 bits per heavy atom. The van der Waals surface area contributed by atoms with Gasteiger partial charge in [-0.15, -0.1) is 0 Å². The third kappa shape index (κ3) is 2.12. The van der Waals surface area contributed by atoms with Crippen molar-refractivity contribution in [1.82, 2.24) is 19.7 Å². The Bertz CT molecular complexity index is 565. The van der Waals surface area contributed by atoms with Crippen molar-refractivity contribution in [2.45, 2.75) is 6.92 Å². The second-order valence-electron chi connectivity index (χ2n) is 3.35. The maximum absolute atomic E-state index is 11.2. The predicted molar refractivity (Wildman–Crippen MR) is 59.8 cm³/mol. The van der Waals surface area contributed by atoms with Gasteiger partial charge in [0.2, 0.25) is 11.8 Å². The Morgan fingerprint density at radius 1 is 1.18 bits per heavy atom. The van der Waals surface area contributed by atoms with Gasteiger partial charge in [-0.25, -0.2) is 4.68 Å². The van der Waals surface area contributed by atoms with E-state index >= 15 is 0 Å². The molecule has 0 aliphatic heterocycles. The lowest BCUT2D eigenvalue weighted by Crippen LogP contribution is -2.09. The minimum absolute atomic E-state index is 0.215. The standard InChI is InChI=1S/C10H12N4O3/c1-6-4-7(15)13-14(6)10-11-8(16-2)5-9(12-10)17-3/h4-5H,1-3H3,(H,13,15). The van der Waals surface area contributed by atoms with Gasteiger partial charge in [-0.2, -0.15) is 9.97 Å². The number of aromatic nitrogens is 4. The zero-order valence-corrected chi connectivity index (χ0v) is 9.72. The number of aromatic amines is 1. The number of nitrogens with zero attached hydrogens (tertiary/aromatic N) is 3. The van der Waals surface area contributed by atoms with Crippen LogP contribution in [0.1, 0.15) is 5.69 Å². The van der Waals surface area contributed by atoms with Crippen LogP contribution in [0.3, 0.4) is 0 Å². The summed E-state index contributed by atoms with van der Waals surface area (Å²) < 4.78 is 11.5. The van der Waals surface area contributed by atoms with E-state index in [9.17, 15) is 4.79 Å². The topological polar surface area (TPSA) is 82.0 Å². The van der Waals surface area contributed by atoms with E-state index in [0.29, 0.717) is 23.4 Å². The first-order valence-corrected chi connectivity index (χ1v) is 4.90. The van der Waals surface area contributed by atoms with Crippen molar-refractivity contribution in [1.29, 1.82) is 0 Å². The molecule has 0 aliphatic rings. The summed E-state index contributed by atoms with van der Waals surface area (Å²) in [6.07, 6.45) is 0. The predicted octanol–water partition coefficient (Wildman–Crippen LogP) is 0.281. The van der Waals surface area contributed by atoms with Crippen LogP contribution in [0.4, 0.5) is 0 Å². The van der Waals surface area contributed by atoms with Crippen molar-refractivity contribution >= 4 is 0 Å². The summed E-state index contributed by atoms with van der Waals surface area (Å²) in [6.45, 7) is 1.77. The number of hydrogen-bond donors (Lipinski definition) is 1. The second kappa shape index (κ2) is 4.28. The number of rotatable bonds is 3. The summed E-state index contributed by atoms with van der Waals surface area (Å²) in [6, 6.07) is 3.01. The van der Waals surface area contributed by atoms with Gasteiger partial charge in [-0.05, 0) is 6.92 Å². The Morgan fingerprint density at radius 3 is 2.18 bits per heavy atom. The first-order valence-electron chi connectivity index (χ1n) is 4.90. The zero-order chi connectivity index (χ0) is 12.4. The molecule has 0 amide bonds. The SMILES string of the molecule is COc1cc(OC)nc(-n2[nH]c(=O)cc2C)n1. The Labute approximate surface area is 97.0 Å². The van der Waals surface area contributed by atoms with E-state index in [1.165, 1.54) is 25.0 Å². The molecule has 0 aromatic carbocycles. The van der Waals surface area contributed by atoms with Crippen molar-refractivity contribution < 1.29 is 9.47 Å². The van der Waals surface area contributed by atoms with E-state index in [1.807, 2.05) is 0 Å². The highest BCUT2D eigenvalue weighted by Crippen LogP contribution is 2.16. The molecule has 7 heteroatoms. The van der Waals surface area contributed by atoms with Crippen molar-refractivity contribution in [3.05, 3.63) is 28.2 Å². The van der Waals surface area contributed by atoms with Crippen LogP contribution in [0.2, 0.25) is 0 Å². The molecule has 0 bridgehead atoms. The van der Waals surface area contributed by atoms with Gasteiger partial charge < -0.3 is 9.47 Å². The smallest absolute Gasteiger partial charge is 0.264 e. The number of ether oxygens (including phenoxy) is 2. The lowest BCUT2D eigenvalue weighted by molar-refractivity contribution is 0.369. The third-order valence-corrected chi connectivity index (χ3v) is 2.20. The van der Waals surface area contributed by atoms with Gasteiger partial charge in [0.25, 0.3) is 11.5 Å². The highest BCUT2D eigenvalue weighted by molar-refractivity contribution is 5.27. The van der Waals surface area contributed by atoms with E-state index in [0.717, 1.165) is 0 Å². The first-order chi connectivity index (χ1) is 8.13. The van der Waals surface area contributed by atoms with Gasteiger partial charge in [0.05, 0.1) is 20.3 Å². The van der Waals surface area contributed by atoms with Crippen LogP contribution < -0.4 is 15.0 Å². The first kappa shape index (κ1) is 11.2. The molecular weight excluding hydrogens is 224 g/mol. The number of H-pyrrole nitrogens is 1. The number of nitrogens with one attached hydrogen (secondary N) is 1. The summed E-state index contributed by atoms with van der Waals surface area (Å²) in [5.41, 5.74) is 0.484. The fraction of sp³-hybridized carbons (Fsp3) is 0.300. The van der Waals surface area contributed by atoms with Crippen LogP contribution in [-0.2, 0) is 0 Å². The van der Waals surface area contributed by atoms with Gasteiger partial charge in [-0.1, -0.05) is 0 Å². The van der Waals surface area contributed by atoms with Crippen molar-refractivity contribution in [2.75, 3.05) is 14.2 Å². The van der Waals surface area contributed by atoms with Crippen molar-refractivity contribution in [3.8, 4) is 17.7 Å². The van der Waals surface area contributed by atoms with Gasteiger partial charge in [-0.3, -0.25) is 9.89 Å². The molecule has 90 valence electrons. The van der Waals surface area contributed by atoms with E-state index < -0.39 is 0 Å². The minimum atomic E-state index is -0.215. The molecule has 0 radical (unpaired) electrons. The molecule has 17 heavy (non-hydrogen) atoms. The Kier molecular flexibility index (Phi) is 2.82. The molecule has 0 atom stereocenters. The van der Waals surface area contributed by atoms with Crippen LogP contribution in [0, 0.1) is 6.92 Å². The molecular formula is C10H12N4O3. The number of aryl methyl sites for hydroxylation is 1. The molecule has 2 aromatic heterocycles. The molecule has 0 saturated heterocycles. The fourth-order valence-corrected chi connectivity index (χ4v) is 1.39. The van der Waals surface area contributed by atoms with E-state index in [2.05, 4.69) is 15.1 Å². The summed E-state index contributed by atoms with van der Waals surface area (Å²) in [5, 5.41) is 2.59. The molecule has 0 aliphatic carbocycles. The highest BCUT2D eigenvalue weighted by atomic mass is 16.5. The quantitative estimate of drug-likeness (QED) is 0.827. The summed E-state index contributed by atoms with van der Waals surface area (Å²) in [7, 11) is 2.99. The molecule has 0 unspecified atom stereocenters. The molecule has 2 heterocycles. The minimum Gasteiger partial charge on any atom is -0.481 e. The van der Waals surface area contributed by atoms with Gasteiger partial charge in [0, 0.05) is 11.8 Å². The van der Waals surface area contributed by atoms with Crippen LogP contribution in [-0.4, -0.2) is 34.0 Å². The second-order valence-corrected chi connectivity index (χ2v) is 3.35. The van der Waals surface area contributed by atoms with Crippen LogP contribution in [0.5, 0.6) is 11.8 Å². The van der Waals surface area contributed by atoms with Crippen LogP contribution in [0.15, 0.2) is 16.9 Å². The normalized spacial score (nSPS) is 10.3. The summed E-state index contributed by atoms with van der Waals surface area (Å²) in [4.78, 5) is 19.4. The fourth-order valence-electron chi connectivity index (χ4n) is 1.39. The van der Waals surface area contributed by atoms with Gasteiger partial charge >= 0.3 is 0 Å². The summed E-state index contributed by atoms with van der Waals surface area (Å²) in [5.74, 6) is 1.02. The lowest BCUT2D eigenvalue weighted by atomic mass is 10.5. The van der Waals surface area contributed by atoms with Crippen molar-refractivity contribution in [2.24, 2.45) is 0 Å². The summed E-state index contributed by atoms with van der Waals surface area (Å²) >= 11 is 0. The van der Waals surface area contributed by atoms with E-state index in [4.69, 9.17) is 9.47 Å². The van der Waals surface area contributed by atoms with Crippen molar-refractivity contribution in [3.63, 3.8) is 0 Å². The molecule has 1 N–H and O–H groups in total. The third-order valence-electron chi connectivity index (χ3n) is 2.20. The lowest BCUT2D eigenvalue weighted by Gasteiger charge is -2.07. The Balaban J connectivity index is 2.58. The van der Waals surface area contributed by atoms with Crippen LogP contribution >= 0.6 is 0 Å². The van der Waals surface area contributed by atoms with Gasteiger partial charge in [0.1, 0.15) is 0 Å². The average molecular weight is 236 g/mol. The van der Waals surface area contributed by atoms with E-state index in [1.54, 1.807) is 13.0 Å². The molecule has 2 rings (SSSR count).